The van der Waals surface area contributed by atoms with Crippen LogP contribution in [0.5, 0.6) is 0 Å². The molecule has 0 aromatic carbocycles. The highest BCUT2D eigenvalue weighted by Crippen LogP contribution is 2.20. The van der Waals surface area contributed by atoms with E-state index in [0.29, 0.717) is 25.5 Å². The number of amides is 1. The van der Waals surface area contributed by atoms with Gasteiger partial charge in [0, 0.05) is 47.8 Å². The monoisotopic (exact) mass is 414 g/mol. The lowest BCUT2D eigenvalue weighted by Gasteiger charge is -2.30. The average molecular weight is 414 g/mol. The maximum Gasteiger partial charge on any atom is 0.223 e. The summed E-state index contributed by atoms with van der Waals surface area (Å²) >= 11 is 0. The quantitative estimate of drug-likeness (QED) is 0.391. The first kappa shape index (κ1) is 22.7. The summed E-state index contributed by atoms with van der Waals surface area (Å²) in [6.45, 7) is 7.63. The Balaban J connectivity index is 0. The van der Waals surface area contributed by atoms with E-state index in [2.05, 4.69) is 36.4 Å². The lowest BCUT2D eigenvalue weighted by molar-refractivity contribution is -0.128. The molecule has 2 N–H and O–H groups in total. The number of ether oxygens (including phenoxy) is 1. The molecule has 0 rings (SSSR count). The van der Waals surface area contributed by atoms with E-state index in [-0.39, 0.29) is 41.4 Å². The van der Waals surface area contributed by atoms with Crippen LogP contribution in [0.2, 0.25) is 0 Å². The van der Waals surface area contributed by atoms with Gasteiger partial charge in [0.2, 0.25) is 5.91 Å². The number of methoxy groups -OCH3 is 1. The van der Waals surface area contributed by atoms with E-state index in [1.807, 2.05) is 0 Å². The predicted octanol–water partition coefficient (Wildman–Crippen LogP) is 1.31. The second-order valence-corrected chi connectivity index (χ2v) is 6.01. The average Bonchev–Trinajstić information content (AvgIpc) is 2.35. The molecule has 1 unspecified atom stereocenters. The van der Waals surface area contributed by atoms with Crippen LogP contribution in [0.1, 0.15) is 27.2 Å². The van der Waals surface area contributed by atoms with Gasteiger partial charge in [0.05, 0.1) is 6.10 Å². The Morgan fingerprint density at radius 2 is 1.86 bits per heavy atom. The SMILES string of the molecule is CN=C(NCCC(=O)N(C)C)NCC(OC)C(C)(C)C.I. The number of halogens is 1. The zero-order valence-corrected chi connectivity index (χ0v) is 16.6. The van der Waals surface area contributed by atoms with Gasteiger partial charge in [-0.25, -0.2) is 0 Å². The summed E-state index contributed by atoms with van der Waals surface area (Å²) in [6.07, 6.45) is 0.533. The first-order chi connectivity index (χ1) is 9.22. The van der Waals surface area contributed by atoms with Crippen LogP contribution in [0.3, 0.4) is 0 Å². The number of rotatable bonds is 6. The largest absolute Gasteiger partial charge is 0.379 e. The zero-order valence-electron chi connectivity index (χ0n) is 14.3. The topological polar surface area (TPSA) is 66.0 Å². The molecule has 0 aliphatic rings. The molecular weight excluding hydrogens is 383 g/mol. The second kappa shape index (κ2) is 11.1. The number of aliphatic imine (C=N–C) groups is 1. The van der Waals surface area contributed by atoms with E-state index >= 15 is 0 Å². The summed E-state index contributed by atoms with van der Waals surface area (Å²) in [7, 11) is 6.93. The smallest absolute Gasteiger partial charge is 0.223 e. The van der Waals surface area contributed by atoms with Crippen molar-refractivity contribution in [2.45, 2.75) is 33.3 Å². The number of hydrogen-bond donors (Lipinski definition) is 2. The predicted molar refractivity (Wildman–Crippen MR) is 98.3 cm³/mol. The highest BCUT2D eigenvalue weighted by molar-refractivity contribution is 14.0. The van der Waals surface area contributed by atoms with Gasteiger partial charge in [0.15, 0.2) is 5.96 Å². The zero-order chi connectivity index (χ0) is 15.8. The summed E-state index contributed by atoms with van der Waals surface area (Å²) in [6, 6.07) is 0. The highest BCUT2D eigenvalue weighted by Gasteiger charge is 2.24. The Hall–Kier alpha value is -0.570. The normalized spacial score (nSPS) is 13.2. The second-order valence-electron chi connectivity index (χ2n) is 6.01. The standard InChI is InChI=1S/C14H30N4O2.HI/c1-14(2,3)11(20-7)10-17-13(15-4)16-9-8-12(19)18(5)6;/h11H,8-10H2,1-7H3,(H2,15,16,17);1H. The van der Waals surface area contributed by atoms with Gasteiger partial charge in [-0.2, -0.15) is 0 Å². The molecule has 6 nitrogen and oxygen atoms in total. The van der Waals surface area contributed by atoms with Crippen molar-refractivity contribution in [2.24, 2.45) is 10.4 Å². The minimum absolute atomic E-state index is 0. The van der Waals surface area contributed by atoms with Crippen molar-refractivity contribution in [1.29, 1.82) is 0 Å². The third-order valence-electron chi connectivity index (χ3n) is 3.06. The Morgan fingerprint density at radius 1 is 1.29 bits per heavy atom. The van der Waals surface area contributed by atoms with Gasteiger partial charge in [-0.15, -0.1) is 24.0 Å². The Morgan fingerprint density at radius 3 is 2.24 bits per heavy atom. The minimum atomic E-state index is 0. The Labute approximate surface area is 146 Å². The molecule has 0 bridgehead atoms. The van der Waals surface area contributed by atoms with E-state index in [1.165, 1.54) is 0 Å². The number of nitrogens with one attached hydrogen (secondary N) is 2. The van der Waals surface area contributed by atoms with Gasteiger partial charge < -0.3 is 20.3 Å². The van der Waals surface area contributed by atoms with Crippen LogP contribution in [0.15, 0.2) is 4.99 Å². The van der Waals surface area contributed by atoms with Crippen molar-refractivity contribution in [1.82, 2.24) is 15.5 Å². The van der Waals surface area contributed by atoms with Gasteiger partial charge in [-0.3, -0.25) is 9.79 Å². The number of guanidine groups is 1. The molecule has 0 aliphatic carbocycles. The van der Waals surface area contributed by atoms with Crippen LogP contribution in [0.25, 0.3) is 0 Å². The number of carbonyl (C=O) groups excluding carboxylic acids is 1. The van der Waals surface area contributed by atoms with E-state index in [4.69, 9.17) is 4.74 Å². The molecule has 1 amide bonds. The molecule has 0 fully saturated rings. The molecule has 126 valence electrons. The molecule has 0 heterocycles. The van der Waals surface area contributed by atoms with Crippen molar-refractivity contribution in [2.75, 3.05) is 41.3 Å². The maximum absolute atomic E-state index is 11.5. The lowest BCUT2D eigenvalue weighted by atomic mass is 9.89. The fraction of sp³-hybridized carbons (Fsp3) is 0.857. The van der Waals surface area contributed by atoms with Crippen LogP contribution >= 0.6 is 24.0 Å². The Kier molecular flexibility index (Phi) is 12.0. The van der Waals surface area contributed by atoms with Gasteiger partial charge >= 0.3 is 0 Å². The highest BCUT2D eigenvalue weighted by atomic mass is 127. The van der Waals surface area contributed by atoms with Crippen LogP contribution < -0.4 is 10.6 Å². The molecule has 0 aliphatic heterocycles. The Bertz CT molecular complexity index is 327. The first-order valence-electron chi connectivity index (χ1n) is 6.89. The summed E-state index contributed by atoms with van der Waals surface area (Å²) in [5.74, 6) is 0.778. The summed E-state index contributed by atoms with van der Waals surface area (Å²) in [5, 5.41) is 6.34. The molecule has 0 aromatic heterocycles. The third-order valence-corrected chi connectivity index (χ3v) is 3.06. The minimum Gasteiger partial charge on any atom is -0.379 e. The molecule has 1 atom stereocenters. The molecule has 0 saturated carbocycles. The number of carbonyl (C=O) groups is 1. The van der Waals surface area contributed by atoms with Crippen molar-refractivity contribution in [3.8, 4) is 0 Å². The molecule has 7 heteroatoms. The van der Waals surface area contributed by atoms with E-state index in [1.54, 1.807) is 33.2 Å². The van der Waals surface area contributed by atoms with Gasteiger partial charge in [-0.1, -0.05) is 20.8 Å². The fourth-order valence-corrected chi connectivity index (χ4v) is 1.66. The van der Waals surface area contributed by atoms with Crippen molar-refractivity contribution in [3.05, 3.63) is 0 Å². The number of hydrogen-bond acceptors (Lipinski definition) is 3. The van der Waals surface area contributed by atoms with Crippen LogP contribution in [-0.4, -0.2) is 64.2 Å². The molecular formula is C14H31IN4O2. The summed E-state index contributed by atoms with van der Waals surface area (Å²) in [5.41, 5.74) is 0.0570. The first-order valence-corrected chi connectivity index (χ1v) is 6.89. The molecule has 0 aromatic rings. The van der Waals surface area contributed by atoms with Crippen molar-refractivity contribution >= 4 is 35.8 Å². The van der Waals surface area contributed by atoms with Gasteiger partial charge in [0.1, 0.15) is 0 Å². The van der Waals surface area contributed by atoms with Gasteiger partial charge in [-0.05, 0) is 5.41 Å². The number of nitrogens with zero attached hydrogens (tertiary/aromatic N) is 2. The van der Waals surface area contributed by atoms with E-state index < -0.39 is 0 Å². The van der Waals surface area contributed by atoms with Crippen LogP contribution in [0.4, 0.5) is 0 Å². The maximum atomic E-state index is 11.5. The molecule has 0 spiro atoms. The van der Waals surface area contributed by atoms with E-state index in [0.717, 1.165) is 0 Å². The third kappa shape index (κ3) is 9.89. The van der Waals surface area contributed by atoms with Crippen LogP contribution in [0, 0.1) is 5.41 Å². The lowest BCUT2D eigenvalue weighted by Crippen LogP contribution is -2.45. The van der Waals surface area contributed by atoms with Crippen molar-refractivity contribution in [3.63, 3.8) is 0 Å². The molecule has 0 saturated heterocycles. The van der Waals surface area contributed by atoms with Crippen molar-refractivity contribution < 1.29 is 9.53 Å². The van der Waals surface area contributed by atoms with E-state index in [9.17, 15) is 4.79 Å². The summed E-state index contributed by atoms with van der Waals surface area (Å²) < 4.78 is 5.48. The van der Waals surface area contributed by atoms with Crippen LogP contribution in [-0.2, 0) is 9.53 Å². The fourth-order valence-electron chi connectivity index (χ4n) is 1.66. The van der Waals surface area contributed by atoms with Gasteiger partial charge in [0.25, 0.3) is 0 Å². The summed E-state index contributed by atoms with van der Waals surface area (Å²) in [4.78, 5) is 17.2. The molecule has 21 heavy (non-hydrogen) atoms. The molecule has 0 radical (unpaired) electrons.